The first-order chi connectivity index (χ1) is 10.1. The smallest absolute Gasteiger partial charge is 0.303 e. The number of hydrogen-bond acceptors (Lipinski definition) is 3. The van der Waals surface area contributed by atoms with Crippen molar-refractivity contribution in [2.45, 2.75) is 45.1 Å². The lowest BCUT2D eigenvalue weighted by molar-refractivity contribution is -0.138. The van der Waals surface area contributed by atoms with E-state index in [4.69, 9.17) is 5.11 Å². The highest BCUT2D eigenvalue weighted by Crippen LogP contribution is 2.47. The highest BCUT2D eigenvalue weighted by Gasteiger charge is 2.39. The Morgan fingerprint density at radius 3 is 2.86 bits per heavy atom. The van der Waals surface area contributed by atoms with Crippen molar-refractivity contribution in [2.24, 2.45) is 17.8 Å². The normalized spacial score (nSPS) is 26.4. The SMILES string of the molecule is CC(CC(=O)O)C1CCCN(C(c2cccs2)C2CC2)C1. The molecule has 0 aromatic carbocycles. The average Bonchev–Trinajstić information content (AvgIpc) is 3.13. The summed E-state index contributed by atoms with van der Waals surface area (Å²) in [5.74, 6) is 0.998. The second-order valence-electron chi connectivity index (χ2n) is 6.77. The van der Waals surface area contributed by atoms with Gasteiger partial charge in [0.25, 0.3) is 0 Å². The molecule has 1 saturated carbocycles. The van der Waals surface area contributed by atoms with Gasteiger partial charge < -0.3 is 5.11 Å². The van der Waals surface area contributed by atoms with E-state index in [1.807, 2.05) is 11.3 Å². The standard InChI is InChI=1S/C17H25NO2S/c1-12(10-16(19)20)14-4-2-8-18(11-14)17(13-6-7-13)15-5-3-9-21-15/h3,5,9,12-14,17H,2,4,6-8,10-11H2,1H3,(H,19,20). The van der Waals surface area contributed by atoms with Crippen LogP contribution in [0.5, 0.6) is 0 Å². The molecule has 2 heterocycles. The third kappa shape index (κ3) is 3.67. The van der Waals surface area contributed by atoms with E-state index < -0.39 is 5.97 Å². The maximum absolute atomic E-state index is 11.0. The first kappa shape index (κ1) is 15.0. The summed E-state index contributed by atoms with van der Waals surface area (Å²) >= 11 is 1.88. The minimum Gasteiger partial charge on any atom is -0.481 e. The molecule has 1 saturated heterocycles. The summed E-state index contributed by atoms with van der Waals surface area (Å²) < 4.78 is 0. The predicted molar refractivity (Wildman–Crippen MR) is 85.5 cm³/mol. The van der Waals surface area contributed by atoms with Gasteiger partial charge in [0.15, 0.2) is 0 Å². The van der Waals surface area contributed by atoms with Gasteiger partial charge in [-0.1, -0.05) is 13.0 Å². The fourth-order valence-corrected chi connectivity index (χ4v) is 4.73. The number of hydrogen-bond donors (Lipinski definition) is 1. The number of carboxylic acid groups (broad SMARTS) is 1. The van der Waals surface area contributed by atoms with Crippen molar-refractivity contribution in [1.82, 2.24) is 4.90 Å². The molecule has 3 unspecified atom stereocenters. The van der Waals surface area contributed by atoms with Gasteiger partial charge in [-0.05, 0) is 61.4 Å². The van der Waals surface area contributed by atoms with Crippen LogP contribution in [0.2, 0.25) is 0 Å². The molecular formula is C17H25NO2S. The fourth-order valence-electron chi connectivity index (χ4n) is 3.78. The molecule has 1 aromatic heterocycles. The van der Waals surface area contributed by atoms with E-state index in [0.29, 0.717) is 18.4 Å². The summed E-state index contributed by atoms with van der Waals surface area (Å²) in [6, 6.07) is 5.02. The number of carboxylic acids is 1. The third-order valence-corrected chi connectivity index (χ3v) is 6.03. The lowest BCUT2D eigenvalue weighted by Gasteiger charge is -2.40. The average molecular weight is 307 g/mol. The molecule has 3 nitrogen and oxygen atoms in total. The number of rotatable bonds is 6. The fraction of sp³-hybridized carbons (Fsp3) is 0.706. The molecule has 2 aliphatic rings. The van der Waals surface area contributed by atoms with E-state index in [1.165, 1.54) is 37.1 Å². The Hall–Kier alpha value is -0.870. The summed E-state index contributed by atoms with van der Waals surface area (Å²) in [6.45, 7) is 4.36. The van der Waals surface area contributed by atoms with Crippen molar-refractivity contribution in [2.75, 3.05) is 13.1 Å². The van der Waals surface area contributed by atoms with Crippen molar-refractivity contribution in [3.63, 3.8) is 0 Å². The highest BCUT2D eigenvalue weighted by molar-refractivity contribution is 7.10. The second kappa shape index (κ2) is 6.49. The van der Waals surface area contributed by atoms with Gasteiger partial charge in [-0.15, -0.1) is 11.3 Å². The van der Waals surface area contributed by atoms with E-state index in [0.717, 1.165) is 12.5 Å². The van der Waals surface area contributed by atoms with Crippen LogP contribution < -0.4 is 0 Å². The zero-order chi connectivity index (χ0) is 14.8. The number of piperidine rings is 1. The highest BCUT2D eigenvalue weighted by atomic mass is 32.1. The lowest BCUT2D eigenvalue weighted by Crippen LogP contribution is -2.41. The molecule has 1 aromatic rings. The van der Waals surface area contributed by atoms with E-state index in [2.05, 4.69) is 29.3 Å². The van der Waals surface area contributed by atoms with Crippen LogP contribution in [0.4, 0.5) is 0 Å². The van der Waals surface area contributed by atoms with Crippen LogP contribution in [0.1, 0.15) is 49.9 Å². The Kier molecular flexibility index (Phi) is 4.65. The molecule has 0 radical (unpaired) electrons. The predicted octanol–water partition coefficient (Wildman–Crippen LogP) is 4.02. The Morgan fingerprint density at radius 1 is 1.43 bits per heavy atom. The number of nitrogens with zero attached hydrogens (tertiary/aromatic N) is 1. The first-order valence-electron chi connectivity index (χ1n) is 8.14. The van der Waals surface area contributed by atoms with Crippen LogP contribution in [0.15, 0.2) is 17.5 Å². The maximum Gasteiger partial charge on any atom is 0.303 e. The number of aliphatic carboxylic acids is 1. The van der Waals surface area contributed by atoms with Gasteiger partial charge in [-0.2, -0.15) is 0 Å². The van der Waals surface area contributed by atoms with Crippen molar-refractivity contribution < 1.29 is 9.90 Å². The molecule has 21 heavy (non-hydrogen) atoms. The van der Waals surface area contributed by atoms with E-state index >= 15 is 0 Å². The third-order valence-electron chi connectivity index (χ3n) is 5.09. The first-order valence-corrected chi connectivity index (χ1v) is 9.02. The molecule has 1 aliphatic heterocycles. The van der Waals surface area contributed by atoms with E-state index in [-0.39, 0.29) is 5.92 Å². The summed E-state index contributed by atoms with van der Waals surface area (Å²) in [5.41, 5.74) is 0. The molecule has 0 amide bonds. The lowest BCUT2D eigenvalue weighted by atomic mass is 9.84. The summed E-state index contributed by atoms with van der Waals surface area (Å²) in [6.07, 6.45) is 5.42. The molecule has 0 bridgehead atoms. The minimum atomic E-state index is -0.656. The molecule has 3 atom stereocenters. The number of carbonyl (C=O) groups is 1. The van der Waals surface area contributed by atoms with Crippen LogP contribution in [0, 0.1) is 17.8 Å². The van der Waals surface area contributed by atoms with Crippen molar-refractivity contribution in [3.8, 4) is 0 Å². The monoisotopic (exact) mass is 307 g/mol. The zero-order valence-corrected chi connectivity index (χ0v) is 13.5. The molecule has 4 heteroatoms. The van der Waals surface area contributed by atoms with Crippen molar-refractivity contribution in [1.29, 1.82) is 0 Å². The Labute approximate surface area is 131 Å². The Morgan fingerprint density at radius 2 is 2.24 bits per heavy atom. The number of thiophene rings is 1. The number of likely N-dealkylation sites (tertiary alicyclic amines) is 1. The van der Waals surface area contributed by atoms with Crippen LogP contribution in [-0.4, -0.2) is 29.1 Å². The van der Waals surface area contributed by atoms with Crippen molar-refractivity contribution >= 4 is 17.3 Å². The molecule has 2 fully saturated rings. The van der Waals surface area contributed by atoms with Gasteiger partial charge >= 0.3 is 5.97 Å². The summed E-state index contributed by atoms with van der Waals surface area (Å²) in [5, 5.41) is 11.2. The molecule has 0 spiro atoms. The second-order valence-corrected chi connectivity index (χ2v) is 7.75. The maximum atomic E-state index is 11.0. The van der Waals surface area contributed by atoms with Gasteiger partial charge in [0.2, 0.25) is 0 Å². The van der Waals surface area contributed by atoms with Crippen LogP contribution in [0.25, 0.3) is 0 Å². The van der Waals surface area contributed by atoms with E-state index in [1.54, 1.807) is 0 Å². The van der Waals surface area contributed by atoms with Gasteiger partial charge in [0, 0.05) is 23.9 Å². The Bertz CT molecular complexity index is 469. The minimum absolute atomic E-state index is 0.286. The quantitative estimate of drug-likeness (QED) is 0.863. The van der Waals surface area contributed by atoms with Gasteiger partial charge in [-0.25, -0.2) is 0 Å². The van der Waals surface area contributed by atoms with Crippen LogP contribution in [-0.2, 0) is 4.79 Å². The zero-order valence-electron chi connectivity index (χ0n) is 12.7. The molecule has 116 valence electrons. The van der Waals surface area contributed by atoms with Gasteiger partial charge in [0.05, 0.1) is 0 Å². The van der Waals surface area contributed by atoms with E-state index in [9.17, 15) is 4.79 Å². The molecule has 1 N–H and O–H groups in total. The summed E-state index contributed by atoms with van der Waals surface area (Å²) in [7, 11) is 0. The largest absolute Gasteiger partial charge is 0.481 e. The van der Waals surface area contributed by atoms with Crippen molar-refractivity contribution in [3.05, 3.63) is 22.4 Å². The summed E-state index contributed by atoms with van der Waals surface area (Å²) in [4.78, 5) is 15.1. The van der Waals surface area contributed by atoms with Crippen LogP contribution in [0.3, 0.4) is 0 Å². The molecular weight excluding hydrogens is 282 g/mol. The topological polar surface area (TPSA) is 40.5 Å². The van der Waals surface area contributed by atoms with Crippen LogP contribution >= 0.6 is 11.3 Å². The van der Waals surface area contributed by atoms with Gasteiger partial charge in [0.1, 0.15) is 0 Å². The van der Waals surface area contributed by atoms with Gasteiger partial charge in [-0.3, -0.25) is 9.69 Å². The Balaban J connectivity index is 1.68. The molecule has 3 rings (SSSR count). The molecule has 1 aliphatic carbocycles.